The van der Waals surface area contributed by atoms with E-state index in [0.717, 1.165) is 30.6 Å². The van der Waals surface area contributed by atoms with Crippen LogP contribution in [-0.2, 0) is 6.61 Å². The summed E-state index contributed by atoms with van der Waals surface area (Å²) in [5.74, 6) is 1.80. The van der Waals surface area contributed by atoms with Gasteiger partial charge in [-0.3, -0.25) is 0 Å². The lowest BCUT2D eigenvalue weighted by Gasteiger charge is -2.22. The minimum atomic E-state index is 0. The molecule has 4 heteroatoms. The standard InChI is InChI=1S/C26H37NO2.ClH/c1(2-10-20-27-24-14-8-5-9-15-24)3-11-21-28-25-16-18-26(19-17-25)29-22-23-12-6-4-7-13-23;/h4,6-7,12-13,16-19,24,27H,1-3,5,8-11,14-15,20-22H2;1H. The van der Waals surface area contributed by atoms with Gasteiger partial charge in [0.15, 0.2) is 0 Å². The molecule has 166 valence electrons. The molecule has 0 aliphatic heterocycles. The Kier molecular flexibility index (Phi) is 12.4. The first kappa shape index (κ1) is 24.6. The van der Waals surface area contributed by atoms with Gasteiger partial charge in [0.25, 0.3) is 0 Å². The van der Waals surface area contributed by atoms with Crippen LogP contribution in [0.1, 0.15) is 69.8 Å². The molecule has 0 bridgehead atoms. The number of benzene rings is 2. The molecule has 0 amide bonds. The van der Waals surface area contributed by atoms with Crippen LogP contribution in [-0.4, -0.2) is 19.2 Å². The molecule has 1 fully saturated rings. The van der Waals surface area contributed by atoms with E-state index in [1.807, 2.05) is 42.5 Å². The zero-order valence-electron chi connectivity index (χ0n) is 18.2. The highest BCUT2D eigenvalue weighted by molar-refractivity contribution is 5.85. The van der Waals surface area contributed by atoms with Crippen molar-refractivity contribution in [2.45, 2.75) is 76.9 Å². The summed E-state index contributed by atoms with van der Waals surface area (Å²) >= 11 is 0. The minimum absolute atomic E-state index is 0. The highest BCUT2D eigenvalue weighted by Crippen LogP contribution is 2.19. The van der Waals surface area contributed by atoms with Gasteiger partial charge in [-0.25, -0.2) is 0 Å². The number of rotatable bonds is 13. The molecule has 1 aliphatic rings. The van der Waals surface area contributed by atoms with Crippen molar-refractivity contribution in [2.24, 2.45) is 0 Å². The Hall–Kier alpha value is -1.71. The predicted octanol–water partition coefficient (Wildman–Crippen LogP) is 6.94. The first-order valence-corrected chi connectivity index (χ1v) is 11.5. The number of halogens is 1. The van der Waals surface area contributed by atoms with E-state index < -0.39 is 0 Å². The molecule has 3 rings (SSSR count). The Balaban J connectivity index is 0.00000320. The highest BCUT2D eigenvalue weighted by Gasteiger charge is 2.11. The lowest BCUT2D eigenvalue weighted by atomic mass is 9.95. The van der Waals surface area contributed by atoms with E-state index in [9.17, 15) is 0 Å². The monoisotopic (exact) mass is 431 g/mol. The molecule has 0 atom stereocenters. The van der Waals surface area contributed by atoms with Crippen molar-refractivity contribution in [1.82, 2.24) is 5.32 Å². The second kappa shape index (κ2) is 15.1. The maximum Gasteiger partial charge on any atom is 0.120 e. The normalized spacial score (nSPS) is 14.1. The Morgan fingerprint density at radius 2 is 1.33 bits per heavy atom. The second-order valence-electron chi connectivity index (χ2n) is 8.15. The summed E-state index contributed by atoms with van der Waals surface area (Å²) in [5, 5.41) is 3.73. The van der Waals surface area contributed by atoms with Crippen molar-refractivity contribution in [1.29, 1.82) is 0 Å². The third kappa shape index (κ3) is 9.86. The van der Waals surface area contributed by atoms with Crippen molar-refractivity contribution in [3.05, 3.63) is 60.2 Å². The Labute approximate surface area is 189 Å². The first-order valence-electron chi connectivity index (χ1n) is 11.5. The summed E-state index contributed by atoms with van der Waals surface area (Å²) in [7, 11) is 0. The van der Waals surface area contributed by atoms with Crippen LogP contribution in [0.5, 0.6) is 11.5 Å². The van der Waals surface area contributed by atoms with Crippen LogP contribution in [0.25, 0.3) is 0 Å². The molecule has 0 heterocycles. The van der Waals surface area contributed by atoms with Gasteiger partial charge in [-0.15, -0.1) is 12.4 Å². The van der Waals surface area contributed by atoms with E-state index in [1.165, 1.54) is 69.9 Å². The van der Waals surface area contributed by atoms with Crippen LogP contribution >= 0.6 is 12.4 Å². The zero-order chi connectivity index (χ0) is 20.0. The molecule has 2 aromatic carbocycles. The topological polar surface area (TPSA) is 30.5 Å². The Morgan fingerprint density at radius 3 is 2.07 bits per heavy atom. The SMILES string of the molecule is Cl.c1ccc(COc2ccc(OCCCCCCCNC3CCCCC3)cc2)cc1. The highest BCUT2D eigenvalue weighted by atomic mass is 35.5. The number of ether oxygens (including phenoxy) is 2. The van der Waals surface area contributed by atoms with Gasteiger partial charge in [0, 0.05) is 6.04 Å². The number of unbranched alkanes of at least 4 members (excludes halogenated alkanes) is 4. The molecule has 0 unspecified atom stereocenters. The third-order valence-electron chi connectivity index (χ3n) is 5.70. The van der Waals surface area contributed by atoms with Gasteiger partial charge in [0.1, 0.15) is 18.1 Å². The third-order valence-corrected chi connectivity index (χ3v) is 5.70. The smallest absolute Gasteiger partial charge is 0.120 e. The summed E-state index contributed by atoms with van der Waals surface area (Å²) in [5.41, 5.74) is 1.18. The summed E-state index contributed by atoms with van der Waals surface area (Å²) in [4.78, 5) is 0. The van der Waals surface area contributed by atoms with Crippen molar-refractivity contribution in [3.63, 3.8) is 0 Å². The molecule has 1 saturated carbocycles. The van der Waals surface area contributed by atoms with E-state index in [4.69, 9.17) is 9.47 Å². The van der Waals surface area contributed by atoms with Gasteiger partial charge in [-0.05, 0) is 62.1 Å². The van der Waals surface area contributed by atoms with Crippen molar-refractivity contribution in [3.8, 4) is 11.5 Å². The molecule has 0 aromatic heterocycles. The summed E-state index contributed by atoms with van der Waals surface area (Å²) in [6.45, 7) is 2.58. The van der Waals surface area contributed by atoms with E-state index in [0.29, 0.717) is 6.61 Å². The number of hydrogen-bond acceptors (Lipinski definition) is 3. The van der Waals surface area contributed by atoms with Crippen molar-refractivity contribution >= 4 is 12.4 Å². The fourth-order valence-electron chi connectivity index (χ4n) is 3.93. The molecular formula is C26H38ClNO2. The van der Waals surface area contributed by atoms with Crippen LogP contribution in [0.4, 0.5) is 0 Å². The van der Waals surface area contributed by atoms with E-state index in [-0.39, 0.29) is 12.4 Å². The van der Waals surface area contributed by atoms with Crippen LogP contribution < -0.4 is 14.8 Å². The first-order chi connectivity index (χ1) is 14.4. The van der Waals surface area contributed by atoms with Crippen LogP contribution in [0.3, 0.4) is 0 Å². The van der Waals surface area contributed by atoms with Gasteiger partial charge >= 0.3 is 0 Å². The molecule has 3 nitrogen and oxygen atoms in total. The molecule has 30 heavy (non-hydrogen) atoms. The van der Waals surface area contributed by atoms with Gasteiger partial charge in [0.2, 0.25) is 0 Å². The molecule has 0 radical (unpaired) electrons. The van der Waals surface area contributed by atoms with E-state index in [2.05, 4.69) is 17.4 Å². The van der Waals surface area contributed by atoms with Gasteiger partial charge in [-0.2, -0.15) is 0 Å². The van der Waals surface area contributed by atoms with Crippen LogP contribution in [0.2, 0.25) is 0 Å². The Morgan fingerprint density at radius 1 is 0.700 bits per heavy atom. The summed E-state index contributed by atoms with van der Waals surface area (Å²) < 4.78 is 11.7. The lowest BCUT2D eigenvalue weighted by Crippen LogP contribution is -2.31. The Bertz CT molecular complexity index is 656. The van der Waals surface area contributed by atoms with E-state index in [1.54, 1.807) is 0 Å². The minimum Gasteiger partial charge on any atom is -0.494 e. The van der Waals surface area contributed by atoms with Crippen LogP contribution in [0.15, 0.2) is 54.6 Å². The van der Waals surface area contributed by atoms with Crippen molar-refractivity contribution in [2.75, 3.05) is 13.2 Å². The van der Waals surface area contributed by atoms with Gasteiger partial charge in [-0.1, -0.05) is 68.9 Å². The largest absolute Gasteiger partial charge is 0.494 e. The fraction of sp³-hybridized carbons (Fsp3) is 0.538. The maximum absolute atomic E-state index is 5.86. The van der Waals surface area contributed by atoms with Crippen LogP contribution in [0, 0.1) is 0 Å². The maximum atomic E-state index is 5.86. The summed E-state index contributed by atoms with van der Waals surface area (Å²) in [6.07, 6.45) is 13.4. The lowest BCUT2D eigenvalue weighted by molar-refractivity contribution is 0.296. The summed E-state index contributed by atoms with van der Waals surface area (Å²) in [6, 6.07) is 19.0. The predicted molar refractivity (Wildman–Crippen MR) is 128 cm³/mol. The molecule has 0 saturated heterocycles. The number of hydrogen-bond donors (Lipinski definition) is 1. The van der Waals surface area contributed by atoms with E-state index >= 15 is 0 Å². The number of nitrogens with one attached hydrogen (secondary N) is 1. The molecule has 0 spiro atoms. The fourth-order valence-corrected chi connectivity index (χ4v) is 3.93. The van der Waals surface area contributed by atoms with Crippen molar-refractivity contribution < 1.29 is 9.47 Å². The zero-order valence-corrected chi connectivity index (χ0v) is 19.0. The quantitative estimate of drug-likeness (QED) is 0.348. The second-order valence-corrected chi connectivity index (χ2v) is 8.15. The molecule has 2 aromatic rings. The molecule has 1 aliphatic carbocycles. The average molecular weight is 432 g/mol. The van der Waals surface area contributed by atoms with Gasteiger partial charge < -0.3 is 14.8 Å². The molecule has 1 N–H and O–H groups in total. The molecular weight excluding hydrogens is 394 g/mol. The van der Waals surface area contributed by atoms with Gasteiger partial charge in [0.05, 0.1) is 6.61 Å². The average Bonchev–Trinajstić information content (AvgIpc) is 2.79.